The summed E-state index contributed by atoms with van der Waals surface area (Å²) in [4.78, 5) is 14.4. The van der Waals surface area contributed by atoms with Crippen LogP contribution >= 0.6 is 11.6 Å². The molecule has 0 radical (unpaired) electrons. The van der Waals surface area contributed by atoms with Crippen LogP contribution < -0.4 is 10.1 Å². The van der Waals surface area contributed by atoms with Crippen LogP contribution in [0.3, 0.4) is 0 Å². The first-order valence-corrected chi connectivity index (χ1v) is 9.94. The van der Waals surface area contributed by atoms with Gasteiger partial charge in [-0.3, -0.25) is 9.69 Å². The number of rotatable bonds is 8. The number of halogens is 1. The van der Waals surface area contributed by atoms with Crippen LogP contribution in [0.1, 0.15) is 34.7 Å². The predicted molar refractivity (Wildman–Crippen MR) is 108 cm³/mol. The molecule has 0 unspecified atom stereocenters. The van der Waals surface area contributed by atoms with E-state index in [4.69, 9.17) is 25.5 Å². The molecular weight excluding hydrogens is 380 g/mol. The Bertz CT molecular complexity index is 784. The van der Waals surface area contributed by atoms with Crippen LogP contribution in [0.15, 0.2) is 34.7 Å². The molecule has 1 amide bonds. The lowest BCUT2D eigenvalue weighted by Gasteiger charge is -2.31. The standard InChI is InChI=1S/C21H27ClN2O4/c1-15-3-5-18(27-15)14-24-10-7-17(8-11-24)28-20-6-4-16(13-19(20)22)21(25)23-9-12-26-2/h3-6,13,17H,7-12,14H2,1-2H3,(H,23,25). The van der Waals surface area contributed by atoms with Gasteiger partial charge in [0.1, 0.15) is 23.4 Å². The molecule has 1 aliphatic heterocycles. The maximum Gasteiger partial charge on any atom is 0.251 e. The highest BCUT2D eigenvalue weighted by molar-refractivity contribution is 6.32. The highest BCUT2D eigenvalue weighted by atomic mass is 35.5. The van der Waals surface area contributed by atoms with Gasteiger partial charge in [-0.2, -0.15) is 0 Å². The van der Waals surface area contributed by atoms with Crippen molar-refractivity contribution in [1.29, 1.82) is 0 Å². The van der Waals surface area contributed by atoms with E-state index in [9.17, 15) is 4.79 Å². The number of piperidine rings is 1. The zero-order chi connectivity index (χ0) is 19.9. The summed E-state index contributed by atoms with van der Waals surface area (Å²) in [6, 6.07) is 9.18. The summed E-state index contributed by atoms with van der Waals surface area (Å²) in [5.41, 5.74) is 0.511. The fraction of sp³-hybridized carbons (Fsp3) is 0.476. The Morgan fingerprint density at radius 1 is 1.29 bits per heavy atom. The van der Waals surface area contributed by atoms with Crippen molar-refractivity contribution >= 4 is 17.5 Å². The van der Waals surface area contributed by atoms with Gasteiger partial charge in [0.25, 0.3) is 5.91 Å². The topological polar surface area (TPSA) is 63.9 Å². The monoisotopic (exact) mass is 406 g/mol. The van der Waals surface area contributed by atoms with Gasteiger partial charge in [0.05, 0.1) is 18.2 Å². The molecule has 2 aromatic rings. The highest BCUT2D eigenvalue weighted by Gasteiger charge is 2.22. The quantitative estimate of drug-likeness (QED) is 0.678. The van der Waals surface area contributed by atoms with E-state index in [0.29, 0.717) is 29.5 Å². The maximum absolute atomic E-state index is 12.1. The van der Waals surface area contributed by atoms with Gasteiger partial charge < -0.3 is 19.2 Å². The second-order valence-electron chi connectivity index (χ2n) is 7.00. The largest absolute Gasteiger partial charge is 0.489 e. The van der Waals surface area contributed by atoms with Gasteiger partial charge in [0, 0.05) is 32.3 Å². The lowest BCUT2D eigenvalue weighted by molar-refractivity contribution is 0.0923. The summed E-state index contributed by atoms with van der Waals surface area (Å²) in [6.07, 6.45) is 1.97. The third-order valence-corrected chi connectivity index (χ3v) is 5.08. The number of hydrogen-bond donors (Lipinski definition) is 1. The lowest BCUT2D eigenvalue weighted by Crippen LogP contribution is -2.37. The van der Waals surface area contributed by atoms with Crippen molar-refractivity contribution in [2.24, 2.45) is 0 Å². The molecule has 0 spiro atoms. The Morgan fingerprint density at radius 2 is 2.07 bits per heavy atom. The Kier molecular flexibility index (Phi) is 7.36. The number of aryl methyl sites for hydroxylation is 1. The second-order valence-corrected chi connectivity index (χ2v) is 7.41. The van der Waals surface area contributed by atoms with Crippen molar-refractivity contribution in [2.75, 3.05) is 33.4 Å². The Balaban J connectivity index is 1.48. The average Bonchev–Trinajstić information content (AvgIpc) is 3.09. The van der Waals surface area contributed by atoms with E-state index in [2.05, 4.69) is 10.2 Å². The van der Waals surface area contributed by atoms with Crippen molar-refractivity contribution in [3.63, 3.8) is 0 Å². The van der Waals surface area contributed by atoms with E-state index in [-0.39, 0.29) is 12.0 Å². The third-order valence-electron chi connectivity index (χ3n) is 4.79. The molecule has 1 aliphatic rings. The average molecular weight is 407 g/mol. The fourth-order valence-corrected chi connectivity index (χ4v) is 3.49. The van der Waals surface area contributed by atoms with Crippen molar-refractivity contribution in [3.8, 4) is 5.75 Å². The molecule has 2 heterocycles. The first-order valence-electron chi connectivity index (χ1n) is 9.56. The molecule has 1 aromatic carbocycles. The van der Waals surface area contributed by atoms with Gasteiger partial charge >= 0.3 is 0 Å². The van der Waals surface area contributed by atoms with Crippen LogP contribution in [0.4, 0.5) is 0 Å². The molecule has 6 nitrogen and oxygen atoms in total. The predicted octanol–water partition coefficient (Wildman–Crippen LogP) is 3.66. The smallest absolute Gasteiger partial charge is 0.251 e. The van der Waals surface area contributed by atoms with Gasteiger partial charge in [-0.1, -0.05) is 11.6 Å². The number of carbonyl (C=O) groups excluding carboxylic acids is 1. The Hall–Kier alpha value is -2.02. The summed E-state index contributed by atoms with van der Waals surface area (Å²) < 4.78 is 16.7. The molecule has 1 saturated heterocycles. The molecule has 0 atom stereocenters. The number of benzene rings is 1. The van der Waals surface area contributed by atoms with Crippen LogP contribution in [-0.2, 0) is 11.3 Å². The SMILES string of the molecule is COCCNC(=O)c1ccc(OC2CCN(Cc3ccc(C)o3)CC2)c(Cl)c1. The van der Waals surface area contributed by atoms with Gasteiger partial charge in [-0.25, -0.2) is 0 Å². The molecular formula is C21H27ClN2O4. The number of carbonyl (C=O) groups is 1. The fourth-order valence-electron chi connectivity index (χ4n) is 3.26. The third kappa shape index (κ3) is 5.74. The highest BCUT2D eigenvalue weighted by Crippen LogP contribution is 2.28. The minimum absolute atomic E-state index is 0.119. The number of methoxy groups -OCH3 is 1. The molecule has 0 saturated carbocycles. The first-order chi connectivity index (χ1) is 13.5. The summed E-state index contributed by atoms with van der Waals surface area (Å²) in [5.74, 6) is 2.39. The zero-order valence-corrected chi connectivity index (χ0v) is 17.1. The molecule has 0 bridgehead atoms. The van der Waals surface area contributed by atoms with Gasteiger partial charge in [-0.05, 0) is 50.1 Å². The molecule has 1 fully saturated rings. The minimum Gasteiger partial charge on any atom is -0.489 e. The summed E-state index contributed by atoms with van der Waals surface area (Å²) in [7, 11) is 1.59. The van der Waals surface area contributed by atoms with Crippen LogP contribution in [0.2, 0.25) is 5.02 Å². The number of nitrogens with one attached hydrogen (secondary N) is 1. The van der Waals surface area contributed by atoms with Crippen LogP contribution in [-0.4, -0.2) is 50.3 Å². The van der Waals surface area contributed by atoms with Crippen LogP contribution in [0.25, 0.3) is 0 Å². The van der Waals surface area contributed by atoms with Crippen molar-refractivity contribution in [2.45, 2.75) is 32.4 Å². The minimum atomic E-state index is -0.174. The van der Waals surface area contributed by atoms with Crippen LogP contribution in [0.5, 0.6) is 5.75 Å². The molecule has 3 rings (SSSR count). The van der Waals surface area contributed by atoms with E-state index in [1.807, 2.05) is 19.1 Å². The molecule has 0 aliphatic carbocycles. The van der Waals surface area contributed by atoms with Crippen molar-refractivity contribution in [3.05, 3.63) is 52.4 Å². The molecule has 1 aromatic heterocycles. The van der Waals surface area contributed by atoms with E-state index >= 15 is 0 Å². The van der Waals surface area contributed by atoms with E-state index in [1.165, 1.54) is 0 Å². The summed E-state index contributed by atoms with van der Waals surface area (Å²) in [5, 5.41) is 3.23. The molecule has 28 heavy (non-hydrogen) atoms. The molecule has 7 heteroatoms. The van der Waals surface area contributed by atoms with Gasteiger partial charge in [0.15, 0.2) is 0 Å². The van der Waals surface area contributed by atoms with Crippen molar-refractivity contribution < 1.29 is 18.7 Å². The zero-order valence-electron chi connectivity index (χ0n) is 16.4. The van der Waals surface area contributed by atoms with Crippen molar-refractivity contribution in [1.82, 2.24) is 10.2 Å². The number of amides is 1. The lowest BCUT2D eigenvalue weighted by atomic mass is 10.1. The number of likely N-dealkylation sites (tertiary alicyclic amines) is 1. The van der Waals surface area contributed by atoms with E-state index < -0.39 is 0 Å². The van der Waals surface area contributed by atoms with Crippen LogP contribution in [0, 0.1) is 6.92 Å². The Morgan fingerprint density at radius 3 is 2.71 bits per heavy atom. The van der Waals surface area contributed by atoms with Gasteiger partial charge in [0.2, 0.25) is 0 Å². The van der Waals surface area contributed by atoms with E-state index in [0.717, 1.165) is 44.0 Å². The maximum atomic E-state index is 12.1. The number of hydrogen-bond acceptors (Lipinski definition) is 5. The second kappa shape index (κ2) is 9.96. The summed E-state index contributed by atoms with van der Waals surface area (Å²) >= 11 is 6.34. The normalized spacial score (nSPS) is 15.5. The van der Waals surface area contributed by atoms with Gasteiger partial charge in [-0.15, -0.1) is 0 Å². The first kappa shape index (κ1) is 20.7. The Labute approximate surface area is 170 Å². The summed E-state index contributed by atoms with van der Waals surface area (Å²) in [6.45, 7) is 5.61. The molecule has 152 valence electrons. The number of ether oxygens (including phenoxy) is 2. The number of nitrogens with zero attached hydrogens (tertiary/aromatic N) is 1. The number of furan rings is 1. The van der Waals surface area contributed by atoms with E-state index in [1.54, 1.807) is 25.3 Å². The molecule has 1 N–H and O–H groups in total.